The molecule has 5 heteroatoms. The van der Waals surface area contributed by atoms with Gasteiger partial charge in [0.25, 0.3) is 0 Å². The molecule has 0 radical (unpaired) electrons. The van der Waals surface area contributed by atoms with Crippen molar-refractivity contribution in [1.82, 2.24) is 10.2 Å². The molecule has 0 bridgehead atoms. The third kappa shape index (κ3) is 3.46. The van der Waals surface area contributed by atoms with Crippen LogP contribution in [0.15, 0.2) is 0 Å². The summed E-state index contributed by atoms with van der Waals surface area (Å²) >= 11 is 0. The molecular formula is C9H17F3N2. The van der Waals surface area contributed by atoms with Gasteiger partial charge in [0.2, 0.25) is 0 Å². The van der Waals surface area contributed by atoms with Crippen molar-refractivity contribution >= 4 is 0 Å². The molecule has 1 fully saturated rings. The lowest BCUT2D eigenvalue weighted by Crippen LogP contribution is -2.46. The van der Waals surface area contributed by atoms with Gasteiger partial charge in [-0.05, 0) is 31.8 Å². The number of hydrogen-bond acceptors (Lipinski definition) is 2. The lowest BCUT2D eigenvalue weighted by molar-refractivity contribution is -0.253. The van der Waals surface area contributed by atoms with Gasteiger partial charge in [0, 0.05) is 13.1 Å². The zero-order valence-electron chi connectivity index (χ0n) is 8.40. The predicted molar refractivity (Wildman–Crippen MR) is 48.9 cm³/mol. The van der Waals surface area contributed by atoms with Gasteiger partial charge in [-0.2, -0.15) is 13.2 Å². The van der Waals surface area contributed by atoms with E-state index in [1.54, 1.807) is 0 Å². The fraction of sp³-hybridized carbons (Fsp3) is 1.00. The minimum Gasteiger partial charge on any atom is -0.317 e. The Kier molecular flexibility index (Phi) is 4.19. The molecule has 0 aliphatic carbocycles. The molecule has 0 unspecified atom stereocenters. The third-order valence-corrected chi connectivity index (χ3v) is 2.56. The summed E-state index contributed by atoms with van der Waals surface area (Å²) in [6.07, 6.45) is -2.60. The van der Waals surface area contributed by atoms with Gasteiger partial charge in [-0.3, -0.25) is 0 Å². The molecule has 0 aromatic rings. The lowest BCUT2D eigenvalue weighted by Gasteiger charge is -2.33. The molecular weight excluding hydrogens is 193 g/mol. The monoisotopic (exact) mass is 210 g/mol. The van der Waals surface area contributed by atoms with Gasteiger partial charge >= 0.3 is 6.30 Å². The summed E-state index contributed by atoms with van der Waals surface area (Å²) in [7, 11) is 0. The number of likely N-dealkylation sites (tertiary alicyclic amines) is 1. The fourth-order valence-electron chi connectivity index (χ4n) is 1.81. The van der Waals surface area contributed by atoms with E-state index in [0.717, 1.165) is 13.0 Å². The Labute approximate surface area is 82.5 Å². The van der Waals surface area contributed by atoms with Crippen LogP contribution in [0.25, 0.3) is 0 Å². The van der Waals surface area contributed by atoms with Gasteiger partial charge < -0.3 is 5.32 Å². The van der Waals surface area contributed by atoms with E-state index in [1.165, 1.54) is 0 Å². The molecule has 0 aromatic heterocycles. The number of rotatable bonds is 3. The van der Waals surface area contributed by atoms with Crippen molar-refractivity contribution in [3.8, 4) is 0 Å². The van der Waals surface area contributed by atoms with E-state index in [0.29, 0.717) is 17.9 Å². The van der Waals surface area contributed by atoms with Crippen LogP contribution in [0.1, 0.15) is 19.8 Å². The first-order chi connectivity index (χ1) is 6.54. The van der Waals surface area contributed by atoms with Crippen LogP contribution in [0.4, 0.5) is 13.2 Å². The molecule has 0 aromatic carbocycles. The van der Waals surface area contributed by atoms with Crippen molar-refractivity contribution in [1.29, 1.82) is 0 Å². The topological polar surface area (TPSA) is 15.3 Å². The second-order valence-corrected chi connectivity index (χ2v) is 3.73. The molecule has 14 heavy (non-hydrogen) atoms. The first-order valence-corrected chi connectivity index (χ1v) is 5.06. The molecule has 1 N–H and O–H groups in total. The third-order valence-electron chi connectivity index (χ3n) is 2.56. The maximum Gasteiger partial charge on any atom is 0.459 e. The maximum atomic E-state index is 12.3. The average Bonchev–Trinajstić information content (AvgIpc) is 2.14. The number of hydrogen-bond donors (Lipinski definition) is 1. The molecule has 0 amide bonds. The summed E-state index contributed by atoms with van der Waals surface area (Å²) in [6, 6.07) is 0. The summed E-state index contributed by atoms with van der Waals surface area (Å²) in [5.41, 5.74) is 0. The van der Waals surface area contributed by atoms with Gasteiger partial charge in [-0.15, -0.1) is 0 Å². The summed E-state index contributed by atoms with van der Waals surface area (Å²) in [5, 5.41) is 3.10. The molecule has 1 saturated heterocycles. The van der Waals surface area contributed by atoms with Crippen molar-refractivity contribution in [3.63, 3.8) is 0 Å². The second kappa shape index (κ2) is 4.98. The normalized spacial score (nSPS) is 25.3. The minimum atomic E-state index is -4.15. The standard InChI is InChI=1S/C9H17F3N2/c1-2-13-6-8-4-3-5-14(7-8)9(10,11)12/h8,13H,2-7H2,1H3/t8-/m0/s1. The predicted octanol–water partition coefficient (Wildman–Crippen LogP) is 1.83. The van der Waals surface area contributed by atoms with Crippen LogP contribution in [0.2, 0.25) is 0 Å². The maximum absolute atomic E-state index is 12.3. The smallest absolute Gasteiger partial charge is 0.317 e. The fourth-order valence-corrected chi connectivity index (χ4v) is 1.81. The number of piperidine rings is 1. The van der Waals surface area contributed by atoms with Crippen molar-refractivity contribution in [2.24, 2.45) is 5.92 Å². The van der Waals surface area contributed by atoms with E-state index in [4.69, 9.17) is 0 Å². The average molecular weight is 210 g/mol. The number of nitrogens with zero attached hydrogens (tertiary/aromatic N) is 1. The molecule has 1 rings (SSSR count). The van der Waals surface area contributed by atoms with Crippen molar-refractivity contribution in [2.75, 3.05) is 26.2 Å². The molecule has 1 heterocycles. The SMILES string of the molecule is CCNC[C@@H]1CCCN(C(F)(F)F)C1. The van der Waals surface area contributed by atoms with Crippen LogP contribution in [0.3, 0.4) is 0 Å². The summed E-state index contributed by atoms with van der Waals surface area (Å²) < 4.78 is 37.0. The van der Waals surface area contributed by atoms with Crippen molar-refractivity contribution < 1.29 is 13.2 Å². The second-order valence-electron chi connectivity index (χ2n) is 3.73. The van der Waals surface area contributed by atoms with Crippen LogP contribution >= 0.6 is 0 Å². The largest absolute Gasteiger partial charge is 0.459 e. The molecule has 84 valence electrons. The van der Waals surface area contributed by atoms with Crippen molar-refractivity contribution in [3.05, 3.63) is 0 Å². The van der Waals surface area contributed by atoms with E-state index < -0.39 is 6.30 Å². The van der Waals surface area contributed by atoms with Crippen LogP contribution in [-0.2, 0) is 0 Å². The van der Waals surface area contributed by atoms with E-state index in [1.807, 2.05) is 6.92 Å². The highest BCUT2D eigenvalue weighted by molar-refractivity contribution is 4.75. The van der Waals surface area contributed by atoms with E-state index >= 15 is 0 Å². The number of alkyl halides is 3. The molecule has 0 saturated carbocycles. The summed E-state index contributed by atoms with van der Waals surface area (Å²) in [4.78, 5) is 0.624. The van der Waals surface area contributed by atoms with Crippen LogP contribution in [-0.4, -0.2) is 37.4 Å². The summed E-state index contributed by atoms with van der Waals surface area (Å²) in [5.74, 6) is 0.144. The zero-order chi connectivity index (χ0) is 10.6. The Morgan fingerprint density at radius 1 is 1.43 bits per heavy atom. The van der Waals surface area contributed by atoms with Crippen LogP contribution in [0, 0.1) is 5.92 Å². The Balaban J connectivity index is 2.36. The Bertz CT molecular complexity index is 170. The van der Waals surface area contributed by atoms with Gasteiger partial charge in [-0.25, -0.2) is 4.90 Å². The van der Waals surface area contributed by atoms with Crippen LogP contribution in [0.5, 0.6) is 0 Å². The quantitative estimate of drug-likeness (QED) is 0.715. The zero-order valence-corrected chi connectivity index (χ0v) is 8.40. The minimum absolute atomic E-state index is 0.144. The lowest BCUT2D eigenvalue weighted by atomic mass is 9.98. The first-order valence-electron chi connectivity index (χ1n) is 5.06. The Morgan fingerprint density at radius 3 is 2.71 bits per heavy atom. The molecule has 1 aliphatic rings. The van der Waals surface area contributed by atoms with Crippen LogP contribution < -0.4 is 5.32 Å². The van der Waals surface area contributed by atoms with E-state index in [-0.39, 0.29) is 19.0 Å². The Morgan fingerprint density at radius 2 is 2.14 bits per heavy atom. The van der Waals surface area contributed by atoms with E-state index in [2.05, 4.69) is 5.32 Å². The van der Waals surface area contributed by atoms with Crippen molar-refractivity contribution in [2.45, 2.75) is 26.1 Å². The van der Waals surface area contributed by atoms with Gasteiger partial charge in [0.1, 0.15) is 0 Å². The summed E-state index contributed by atoms with van der Waals surface area (Å²) in [6.45, 7) is 3.79. The van der Waals surface area contributed by atoms with E-state index in [9.17, 15) is 13.2 Å². The highest BCUT2D eigenvalue weighted by Crippen LogP contribution is 2.27. The highest BCUT2D eigenvalue weighted by Gasteiger charge is 2.39. The van der Waals surface area contributed by atoms with Gasteiger partial charge in [-0.1, -0.05) is 6.92 Å². The molecule has 1 atom stereocenters. The highest BCUT2D eigenvalue weighted by atomic mass is 19.4. The molecule has 0 spiro atoms. The first kappa shape index (κ1) is 11.8. The molecule has 1 aliphatic heterocycles. The van der Waals surface area contributed by atoms with Gasteiger partial charge in [0.15, 0.2) is 0 Å². The van der Waals surface area contributed by atoms with Gasteiger partial charge in [0.05, 0.1) is 0 Å². The molecule has 2 nitrogen and oxygen atoms in total. The Hall–Kier alpha value is -0.290. The number of nitrogens with one attached hydrogen (secondary N) is 1. The number of halogens is 3.